The molecule has 1 aliphatic heterocycles. The van der Waals surface area contributed by atoms with Crippen LogP contribution in [0.1, 0.15) is 36.5 Å². The molecule has 1 amide bonds. The summed E-state index contributed by atoms with van der Waals surface area (Å²) in [5.74, 6) is 5.66. The number of piperidine rings is 1. The molecular formula is C14H20N4O3. The molecule has 0 bridgehead atoms. The molecule has 7 heteroatoms. The van der Waals surface area contributed by atoms with Crippen LogP contribution in [0.2, 0.25) is 0 Å². The molecule has 0 spiro atoms. The number of hydrogen-bond donors (Lipinski definition) is 2. The van der Waals surface area contributed by atoms with Crippen LogP contribution in [0.25, 0.3) is 0 Å². The van der Waals surface area contributed by atoms with Gasteiger partial charge < -0.3 is 10.3 Å². The fourth-order valence-corrected chi connectivity index (χ4v) is 2.67. The zero-order valence-corrected chi connectivity index (χ0v) is 12.0. The zero-order chi connectivity index (χ0) is 15.4. The predicted molar refractivity (Wildman–Crippen MR) is 79.8 cm³/mol. The van der Waals surface area contributed by atoms with Crippen LogP contribution in [0, 0.1) is 16.0 Å². The van der Waals surface area contributed by atoms with Gasteiger partial charge in [-0.15, -0.1) is 0 Å². The van der Waals surface area contributed by atoms with Crippen molar-refractivity contribution < 1.29 is 9.72 Å². The van der Waals surface area contributed by atoms with E-state index in [9.17, 15) is 14.9 Å². The van der Waals surface area contributed by atoms with E-state index in [0.717, 1.165) is 19.3 Å². The lowest BCUT2D eigenvalue weighted by atomic mass is 9.94. The van der Waals surface area contributed by atoms with Gasteiger partial charge in [-0.3, -0.25) is 20.8 Å². The molecule has 1 fully saturated rings. The summed E-state index contributed by atoms with van der Waals surface area (Å²) in [6.07, 6.45) is 3.00. The Morgan fingerprint density at radius 1 is 1.48 bits per heavy atom. The summed E-state index contributed by atoms with van der Waals surface area (Å²) in [6, 6.07) is 4.23. The van der Waals surface area contributed by atoms with Gasteiger partial charge in [0, 0.05) is 24.8 Å². The van der Waals surface area contributed by atoms with E-state index in [1.807, 2.05) is 0 Å². The second-order valence-electron chi connectivity index (χ2n) is 5.28. The van der Waals surface area contributed by atoms with E-state index in [2.05, 4.69) is 12.3 Å². The molecule has 0 radical (unpaired) electrons. The second-order valence-corrected chi connectivity index (χ2v) is 5.28. The van der Waals surface area contributed by atoms with E-state index in [1.54, 1.807) is 4.90 Å². The number of nitrogen functional groups attached to an aromatic ring is 1. The maximum atomic E-state index is 12.5. The third kappa shape index (κ3) is 3.30. The van der Waals surface area contributed by atoms with Gasteiger partial charge in [0.05, 0.1) is 4.92 Å². The number of benzene rings is 1. The summed E-state index contributed by atoms with van der Waals surface area (Å²) in [6.45, 7) is 3.44. The number of nitrogens with zero attached hydrogens (tertiary/aromatic N) is 2. The molecule has 1 heterocycles. The maximum Gasteiger partial charge on any atom is 0.282 e. The molecule has 114 valence electrons. The highest BCUT2D eigenvalue weighted by atomic mass is 16.6. The Morgan fingerprint density at radius 3 is 2.67 bits per heavy atom. The number of nitrogens with two attached hydrogens (primary N) is 1. The van der Waals surface area contributed by atoms with Crippen molar-refractivity contribution in [3.05, 3.63) is 33.9 Å². The zero-order valence-electron chi connectivity index (χ0n) is 12.0. The first-order valence-corrected chi connectivity index (χ1v) is 7.11. The van der Waals surface area contributed by atoms with Gasteiger partial charge in [-0.05, 0) is 30.9 Å². The number of carbonyl (C=O) groups excluding carboxylic acids is 1. The molecule has 0 unspecified atom stereocenters. The Kier molecular flexibility index (Phi) is 4.74. The fourth-order valence-electron chi connectivity index (χ4n) is 2.67. The van der Waals surface area contributed by atoms with Crippen molar-refractivity contribution in [2.75, 3.05) is 18.5 Å². The van der Waals surface area contributed by atoms with Crippen molar-refractivity contribution in [1.82, 2.24) is 4.90 Å². The van der Waals surface area contributed by atoms with Gasteiger partial charge in [0.1, 0.15) is 5.56 Å². The van der Waals surface area contributed by atoms with Crippen LogP contribution in [0.3, 0.4) is 0 Å². The molecule has 0 aliphatic carbocycles. The third-order valence-corrected chi connectivity index (χ3v) is 4.07. The topological polar surface area (TPSA) is 102 Å². The van der Waals surface area contributed by atoms with E-state index in [4.69, 9.17) is 5.84 Å². The molecule has 1 aromatic carbocycles. The molecule has 1 saturated heterocycles. The molecule has 2 rings (SSSR count). The first-order valence-electron chi connectivity index (χ1n) is 7.11. The minimum absolute atomic E-state index is 0.0883. The third-order valence-electron chi connectivity index (χ3n) is 4.07. The highest BCUT2D eigenvalue weighted by Gasteiger charge is 2.28. The maximum absolute atomic E-state index is 12.5. The van der Waals surface area contributed by atoms with E-state index in [1.165, 1.54) is 18.2 Å². The summed E-state index contributed by atoms with van der Waals surface area (Å²) in [5.41, 5.74) is 2.80. The number of hydrazine groups is 1. The van der Waals surface area contributed by atoms with Gasteiger partial charge in [0.2, 0.25) is 0 Å². The number of anilines is 1. The second kappa shape index (κ2) is 6.53. The first kappa shape index (κ1) is 15.2. The minimum atomic E-state index is -0.535. The van der Waals surface area contributed by atoms with Crippen molar-refractivity contribution in [2.45, 2.75) is 26.2 Å². The largest absolute Gasteiger partial charge is 0.338 e. The molecule has 1 aromatic rings. The van der Waals surface area contributed by atoms with Crippen molar-refractivity contribution in [2.24, 2.45) is 11.8 Å². The Hall–Kier alpha value is -2.15. The summed E-state index contributed by atoms with van der Waals surface area (Å²) >= 11 is 0. The molecule has 3 N–H and O–H groups in total. The van der Waals surface area contributed by atoms with Crippen LogP contribution in [0.15, 0.2) is 18.2 Å². The molecular weight excluding hydrogens is 272 g/mol. The van der Waals surface area contributed by atoms with Crippen LogP contribution in [0.4, 0.5) is 11.4 Å². The van der Waals surface area contributed by atoms with Crippen molar-refractivity contribution in [3.63, 3.8) is 0 Å². The average molecular weight is 292 g/mol. The standard InChI is InChI=1S/C14H20N4O3/c1-2-10-5-7-17(8-6-10)14(19)12-9-11(16-15)3-4-13(12)18(20)21/h3-4,9-10,16H,2,5-8,15H2,1H3. The number of likely N-dealkylation sites (tertiary alicyclic amines) is 1. The molecule has 21 heavy (non-hydrogen) atoms. The molecule has 0 saturated carbocycles. The van der Waals surface area contributed by atoms with Gasteiger partial charge in [-0.2, -0.15) is 0 Å². The fraction of sp³-hybridized carbons (Fsp3) is 0.500. The van der Waals surface area contributed by atoms with Gasteiger partial charge in [-0.25, -0.2) is 0 Å². The van der Waals surface area contributed by atoms with Crippen molar-refractivity contribution >= 4 is 17.3 Å². The Morgan fingerprint density at radius 2 is 2.14 bits per heavy atom. The molecule has 1 aliphatic rings. The highest BCUT2D eigenvalue weighted by molar-refractivity contribution is 5.99. The van der Waals surface area contributed by atoms with E-state index in [0.29, 0.717) is 24.7 Å². The highest BCUT2D eigenvalue weighted by Crippen LogP contribution is 2.26. The lowest BCUT2D eigenvalue weighted by molar-refractivity contribution is -0.385. The lowest BCUT2D eigenvalue weighted by Gasteiger charge is -2.31. The molecule has 0 aromatic heterocycles. The number of nitro benzene ring substituents is 1. The normalized spacial score (nSPS) is 15.8. The Balaban J connectivity index is 2.23. The minimum Gasteiger partial charge on any atom is -0.338 e. The lowest BCUT2D eigenvalue weighted by Crippen LogP contribution is -2.38. The monoisotopic (exact) mass is 292 g/mol. The van der Waals surface area contributed by atoms with E-state index >= 15 is 0 Å². The van der Waals surface area contributed by atoms with E-state index < -0.39 is 4.92 Å². The number of hydrogen-bond acceptors (Lipinski definition) is 5. The van der Waals surface area contributed by atoms with Crippen LogP contribution in [-0.4, -0.2) is 28.8 Å². The Bertz CT molecular complexity index is 539. The van der Waals surface area contributed by atoms with Crippen LogP contribution in [-0.2, 0) is 0 Å². The number of carbonyl (C=O) groups is 1. The SMILES string of the molecule is CCC1CCN(C(=O)c2cc(NN)ccc2[N+](=O)[O-])CC1. The number of nitrogens with one attached hydrogen (secondary N) is 1. The summed E-state index contributed by atoms with van der Waals surface area (Å²) < 4.78 is 0. The van der Waals surface area contributed by atoms with Crippen molar-refractivity contribution in [1.29, 1.82) is 0 Å². The summed E-state index contributed by atoms with van der Waals surface area (Å²) in [7, 11) is 0. The smallest absolute Gasteiger partial charge is 0.282 e. The van der Waals surface area contributed by atoms with Crippen LogP contribution in [0.5, 0.6) is 0 Å². The van der Waals surface area contributed by atoms with Gasteiger partial charge in [0.15, 0.2) is 0 Å². The van der Waals surface area contributed by atoms with Crippen LogP contribution >= 0.6 is 0 Å². The summed E-state index contributed by atoms with van der Waals surface area (Å²) in [5, 5.41) is 11.1. The van der Waals surface area contributed by atoms with Gasteiger partial charge >= 0.3 is 0 Å². The quantitative estimate of drug-likeness (QED) is 0.503. The number of amides is 1. The van der Waals surface area contributed by atoms with Gasteiger partial charge in [-0.1, -0.05) is 13.3 Å². The Labute approximate surface area is 123 Å². The van der Waals surface area contributed by atoms with Crippen LogP contribution < -0.4 is 11.3 Å². The van der Waals surface area contributed by atoms with E-state index in [-0.39, 0.29) is 17.2 Å². The molecule has 7 nitrogen and oxygen atoms in total. The number of rotatable bonds is 4. The average Bonchev–Trinajstić information content (AvgIpc) is 2.53. The van der Waals surface area contributed by atoms with Gasteiger partial charge in [0.25, 0.3) is 11.6 Å². The predicted octanol–water partition coefficient (Wildman–Crippen LogP) is 2.14. The summed E-state index contributed by atoms with van der Waals surface area (Å²) in [4.78, 5) is 24.8. The molecule has 0 atom stereocenters. The van der Waals surface area contributed by atoms with Crippen molar-refractivity contribution in [3.8, 4) is 0 Å². The first-order chi connectivity index (χ1) is 10.1. The number of nitro groups is 1.